The lowest BCUT2D eigenvalue weighted by Crippen LogP contribution is -2.01. The van der Waals surface area contributed by atoms with E-state index in [2.05, 4.69) is 9.97 Å². The Morgan fingerprint density at radius 3 is 2.20 bits per heavy atom. The number of rotatable bonds is 2. The summed E-state index contributed by atoms with van der Waals surface area (Å²) in [5, 5.41) is 1.57. The SMILES string of the molecule is Clc1cccc(-c2nc(Cl)c(C3CCCC3)c(Cl)n2)c1. The second kappa shape index (κ2) is 5.88. The van der Waals surface area contributed by atoms with E-state index in [1.165, 1.54) is 12.8 Å². The van der Waals surface area contributed by atoms with E-state index in [0.29, 0.717) is 27.1 Å². The largest absolute Gasteiger partial charge is 0.216 e. The second-order valence-electron chi connectivity index (χ2n) is 5.03. The minimum absolute atomic E-state index is 0.392. The van der Waals surface area contributed by atoms with Gasteiger partial charge in [-0.25, -0.2) is 9.97 Å². The Hall–Kier alpha value is -0.830. The fourth-order valence-electron chi connectivity index (χ4n) is 2.72. The van der Waals surface area contributed by atoms with E-state index in [-0.39, 0.29) is 0 Å². The summed E-state index contributed by atoms with van der Waals surface area (Å²) in [4.78, 5) is 8.80. The Morgan fingerprint density at radius 2 is 1.60 bits per heavy atom. The molecule has 0 unspecified atom stereocenters. The smallest absolute Gasteiger partial charge is 0.162 e. The zero-order valence-corrected chi connectivity index (χ0v) is 13.0. The fraction of sp³-hybridized carbons (Fsp3) is 0.333. The Kier molecular flexibility index (Phi) is 4.16. The monoisotopic (exact) mass is 326 g/mol. The number of hydrogen-bond acceptors (Lipinski definition) is 2. The number of hydrogen-bond donors (Lipinski definition) is 0. The van der Waals surface area contributed by atoms with E-state index in [1.807, 2.05) is 12.1 Å². The molecule has 1 heterocycles. The van der Waals surface area contributed by atoms with Crippen LogP contribution >= 0.6 is 34.8 Å². The van der Waals surface area contributed by atoms with E-state index in [0.717, 1.165) is 24.0 Å². The van der Waals surface area contributed by atoms with Crippen LogP contribution in [0, 0.1) is 0 Å². The highest BCUT2D eigenvalue weighted by Crippen LogP contribution is 2.40. The van der Waals surface area contributed by atoms with Gasteiger partial charge in [0.15, 0.2) is 5.82 Å². The van der Waals surface area contributed by atoms with Crippen LogP contribution in [-0.4, -0.2) is 9.97 Å². The maximum atomic E-state index is 6.34. The van der Waals surface area contributed by atoms with Gasteiger partial charge in [-0.2, -0.15) is 0 Å². The van der Waals surface area contributed by atoms with Crippen LogP contribution in [0.15, 0.2) is 24.3 Å². The van der Waals surface area contributed by atoms with Crippen LogP contribution in [0.2, 0.25) is 15.3 Å². The van der Waals surface area contributed by atoms with Gasteiger partial charge in [0.05, 0.1) is 0 Å². The molecule has 0 saturated heterocycles. The van der Waals surface area contributed by atoms with Gasteiger partial charge in [0.1, 0.15) is 10.3 Å². The first-order valence-corrected chi connectivity index (χ1v) is 7.77. The lowest BCUT2D eigenvalue weighted by atomic mass is 10.0. The lowest BCUT2D eigenvalue weighted by molar-refractivity contribution is 0.715. The van der Waals surface area contributed by atoms with E-state index >= 15 is 0 Å². The zero-order chi connectivity index (χ0) is 14.1. The Morgan fingerprint density at radius 1 is 0.950 bits per heavy atom. The third-order valence-corrected chi connectivity index (χ3v) is 4.51. The molecule has 0 amide bonds. The molecule has 1 saturated carbocycles. The van der Waals surface area contributed by atoms with Crippen molar-refractivity contribution in [2.75, 3.05) is 0 Å². The van der Waals surface area contributed by atoms with Gasteiger partial charge in [-0.1, -0.05) is 59.8 Å². The summed E-state index contributed by atoms with van der Waals surface area (Å²) in [7, 11) is 0. The molecule has 104 valence electrons. The number of nitrogens with zero attached hydrogens (tertiary/aromatic N) is 2. The van der Waals surface area contributed by atoms with E-state index in [9.17, 15) is 0 Å². The number of aromatic nitrogens is 2. The quantitative estimate of drug-likeness (QED) is 0.655. The summed E-state index contributed by atoms with van der Waals surface area (Å²) in [6.07, 6.45) is 4.65. The van der Waals surface area contributed by atoms with Gasteiger partial charge in [-0.05, 0) is 30.9 Å². The van der Waals surface area contributed by atoms with Crippen LogP contribution in [-0.2, 0) is 0 Å². The Bertz CT molecular complexity index is 614. The van der Waals surface area contributed by atoms with E-state index in [4.69, 9.17) is 34.8 Å². The summed E-state index contributed by atoms with van der Waals surface area (Å²) >= 11 is 18.7. The van der Waals surface area contributed by atoms with Crippen molar-refractivity contribution < 1.29 is 0 Å². The average Bonchev–Trinajstić information content (AvgIpc) is 2.91. The predicted octanol–water partition coefficient (Wildman–Crippen LogP) is 5.76. The van der Waals surface area contributed by atoms with Crippen molar-refractivity contribution in [3.63, 3.8) is 0 Å². The molecule has 1 aromatic heterocycles. The number of benzene rings is 1. The molecule has 1 aliphatic rings. The molecule has 0 aliphatic heterocycles. The van der Waals surface area contributed by atoms with Gasteiger partial charge in [0.25, 0.3) is 0 Å². The lowest BCUT2D eigenvalue weighted by Gasteiger charge is -2.13. The van der Waals surface area contributed by atoms with Crippen LogP contribution in [0.4, 0.5) is 0 Å². The summed E-state index contributed by atoms with van der Waals surface area (Å²) in [5.41, 5.74) is 1.72. The standard InChI is InChI=1S/C15H13Cl3N2/c16-11-7-3-6-10(8-11)15-19-13(17)12(14(18)20-15)9-4-1-2-5-9/h3,6-9H,1-2,4-5H2. The number of halogens is 3. The first-order valence-electron chi connectivity index (χ1n) is 6.64. The molecule has 5 heteroatoms. The Balaban J connectivity index is 2.03. The van der Waals surface area contributed by atoms with Crippen LogP contribution in [0.1, 0.15) is 37.2 Å². The average molecular weight is 328 g/mol. The first kappa shape index (κ1) is 14.1. The Labute approximate surface area is 133 Å². The highest BCUT2D eigenvalue weighted by atomic mass is 35.5. The minimum atomic E-state index is 0.392. The molecule has 3 rings (SSSR count). The van der Waals surface area contributed by atoms with Crippen molar-refractivity contribution in [1.29, 1.82) is 0 Å². The van der Waals surface area contributed by atoms with E-state index in [1.54, 1.807) is 12.1 Å². The van der Waals surface area contributed by atoms with Crippen molar-refractivity contribution in [2.24, 2.45) is 0 Å². The van der Waals surface area contributed by atoms with Crippen molar-refractivity contribution in [3.05, 3.63) is 45.2 Å². The second-order valence-corrected chi connectivity index (χ2v) is 6.19. The summed E-state index contributed by atoms with van der Waals surface area (Å²) < 4.78 is 0. The molecule has 2 aromatic rings. The molecule has 20 heavy (non-hydrogen) atoms. The zero-order valence-electron chi connectivity index (χ0n) is 10.7. The van der Waals surface area contributed by atoms with Gasteiger partial charge >= 0.3 is 0 Å². The molecule has 0 N–H and O–H groups in total. The van der Waals surface area contributed by atoms with Gasteiger partial charge in [0.2, 0.25) is 0 Å². The maximum Gasteiger partial charge on any atom is 0.162 e. The van der Waals surface area contributed by atoms with Gasteiger partial charge in [-0.3, -0.25) is 0 Å². The van der Waals surface area contributed by atoms with Crippen LogP contribution in [0.5, 0.6) is 0 Å². The molecular weight excluding hydrogens is 315 g/mol. The maximum absolute atomic E-state index is 6.34. The molecule has 1 fully saturated rings. The topological polar surface area (TPSA) is 25.8 Å². The predicted molar refractivity (Wildman–Crippen MR) is 83.7 cm³/mol. The normalized spacial score (nSPS) is 15.8. The van der Waals surface area contributed by atoms with Crippen LogP contribution < -0.4 is 0 Å². The minimum Gasteiger partial charge on any atom is -0.216 e. The molecule has 0 atom stereocenters. The highest BCUT2D eigenvalue weighted by molar-refractivity contribution is 6.35. The third-order valence-electron chi connectivity index (χ3n) is 3.70. The summed E-state index contributed by atoms with van der Waals surface area (Å²) in [6.45, 7) is 0. The molecule has 0 radical (unpaired) electrons. The van der Waals surface area contributed by atoms with Crippen molar-refractivity contribution >= 4 is 34.8 Å². The molecule has 0 spiro atoms. The van der Waals surface area contributed by atoms with Crippen LogP contribution in [0.3, 0.4) is 0 Å². The fourth-order valence-corrected chi connectivity index (χ4v) is 3.61. The molecular formula is C15H13Cl3N2. The van der Waals surface area contributed by atoms with Gasteiger partial charge < -0.3 is 0 Å². The first-order chi connectivity index (χ1) is 9.65. The summed E-state index contributed by atoms with van der Waals surface area (Å²) in [5.74, 6) is 0.910. The molecule has 2 nitrogen and oxygen atoms in total. The van der Waals surface area contributed by atoms with Crippen LogP contribution in [0.25, 0.3) is 11.4 Å². The van der Waals surface area contributed by atoms with Crippen molar-refractivity contribution in [1.82, 2.24) is 9.97 Å². The molecule has 0 bridgehead atoms. The van der Waals surface area contributed by atoms with Gasteiger partial charge in [0, 0.05) is 16.1 Å². The van der Waals surface area contributed by atoms with E-state index < -0.39 is 0 Å². The molecule has 1 aromatic carbocycles. The molecule has 1 aliphatic carbocycles. The van der Waals surface area contributed by atoms with Gasteiger partial charge in [-0.15, -0.1) is 0 Å². The highest BCUT2D eigenvalue weighted by Gasteiger charge is 2.24. The summed E-state index contributed by atoms with van der Waals surface area (Å²) in [6, 6.07) is 7.36. The third kappa shape index (κ3) is 2.78. The van der Waals surface area contributed by atoms with Crippen molar-refractivity contribution in [2.45, 2.75) is 31.6 Å². The van der Waals surface area contributed by atoms with Crippen molar-refractivity contribution in [3.8, 4) is 11.4 Å².